The first-order chi connectivity index (χ1) is 14.6. The van der Waals surface area contributed by atoms with Crippen molar-refractivity contribution in [1.82, 2.24) is 4.90 Å². The second kappa shape index (κ2) is 7.06. The molecular formula is C26H35NO3. The Bertz CT molecular complexity index is 790. The molecule has 2 heterocycles. The molecule has 0 radical (unpaired) electrons. The molecule has 2 aliphatic heterocycles. The van der Waals surface area contributed by atoms with Crippen LogP contribution in [-0.4, -0.2) is 43.4 Å². The van der Waals surface area contributed by atoms with Crippen molar-refractivity contribution in [3.05, 3.63) is 35.4 Å². The number of amides is 1. The molecule has 0 spiro atoms. The van der Waals surface area contributed by atoms with Crippen molar-refractivity contribution in [3.8, 4) is 0 Å². The van der Waals surface area contributed by atoms with Crippen LogP contribution in [-0.2, 0) is 19.7 Å². The number of benzene rings is 1. The van der Waals surface area contributed by atoms with E-state index in [1.165, 1.54) is 30.4 Å². The van der Waals surface area contributed by atoms with E-state index in [9.17, 15) is 4.79 Å². The maximum Gasteiger partial charge on any atom is 0.228 e. The van der Waals surface area contributed by atoms with E-state index in [2.05, 4.69) is 36.1 Å². The molecule has 4 bridgehead atoms. The lowest BCUT2D eigenvalue weighted by atomic mass is 9.42. The van der Waals surface area contributed by atoms with Gasteiger partial charge in [0.15, 0.2) is 6.29 Å². The van der Waals surface area contributed by atoms with Crippen LogP contribution < -0.4 is 0 Å². The van der Waals surface area contributed by atoms with Crippen molar-refractivity contribution in [2.24, 2.45) is 23.2 Å². The van der Waals surface area contributed by atoms with Gasteiger partial charge in [-0.1, -0.05) is 29.8 Å². The van der Waals surface area contributed by atoms with Gasteiger partial charge in [0.05, 0.1) is 18.6 Å². The van der Waals surface area contributed by atoms with Crippen LogP contribution in [0.1, 0.15) is 62.5 Å². The number of ether oxygens (including phenoxy) is 2. The lowest BCUT2D eigenvalue weighted by Gasteiger charge is -2.62. The summed E-state index contributed by atoms with van der Waals surface area (Å²) in [5.41, 5.74) is 2.94. The lowest BCUT2D eigenvalue weighted by Crippen LogP contribution is -2.60. The van der Waals surface area contributed by atoms with E-state index in [-0.39, 0.29) is 17.1 Å². The highest BCUT2D eigenvalue weighted by molar-refractivity contribution is 5.83. The van der Waals surface area contributed by atoms with E-state index in [1.807, 2.05) is 0 Å². The summed E-state index contributed by atoms with van der Waals surface area (Å²) < 4.78 is 11.5. The molecule has 1 aromatic carbocycles. The van der Waals surface area contributed by atoms with E-state index in [4.69, 9.17) is 9.47 Å². The number of carbonyl (C=O) groups excluding carboxylic acids is 1. The first-order valence-electron chi connectivity index (χ1n) is 12.2. The van der Waals surface area contributed by atoms with Crippen molar-refractivity contribution >= 4 is 5.91 Å². The smallest absolute Gasteiger partial charge is 0.228 e. The zero-order valence-corrected chi connectivity index (χ0v) is 18.3. The zero-order chi connectivity index (χ0) is 20.3. The van der Waals surface area contributed by atoms with Gasteiger partial charge >= 0.3 is 0 Å². The van der Waals surface area contributed by atoms with E-state index in [0.717, 1.165) is 70.2 Å². The number of likely N-dealkylation sites (tertiary alicyclic amines) is 1. The molecule has 4 aliphatic carbocycles. The van der Waals surface area contributed by atoms with Gasteiger partial charge in [0.25, 0.3) is 0 Å². The van der Waals surface area contributed by atoms with Gasteiger partial charge in [0.1, 0.15) is 0 Å². The van der Waals surface area contributed by atoms with E-state index in [0.29, 0.717) is 11.8 Å². The summed E-state index contributed by atoms with van der Waals surface area (Å²) in [5.74, 6) is 2.38. The maximum absolute atomic E-state index is 14.0. The highest BCUT2D eigenvalue weighted by atomic mass is 16.7. The minimum atomic E-state index is -0.109. The minimum Gasteiger partial charge on any atom is -0.350 e. The standard InChI is InChI=1S/C26H35NO3/c1-18-2-4-22(5-3-18)25-13-19-12-20(14-25)16-26(15-19,17-25)24(28)27-8-6-21(7-9-27)23-29-10-11-30-23/h2-5,19-21,23H,6-17H2,1H3. The van der Waals surface area contributed by atoms with Gasteiger partial charge in [-0.2, -0.15) is 0 Å². The van der Waals surface area contributed by atoms with Crippen LogP contribution in [0.2, 0.25) is 0 Å². The van der Waals surface area contributed by atoms with Crippen LogP contribution in [0.15, 0.2) is 24.3 Å². The molecule has 1 aromatic rings. The second-order valence-electron chi connectivity index (χ2n) is 11.1. The first kappa shape index (κ1) is 19.3. The predicted octanol–water partition coefficient (Wildman–Crippen LogP) is 4.44. The molecule has 4 heteroatoms. The maximum atomic E-state index is 14.0. The van der Waals surface area contributed by atoms with Crippen LogP contribution in [0.25, 0.3) is 0 Å². The van der Waals surface area contributed by atoms with Gasteiger partial charge in [-0.3, -0.25) is 4.79 Å². The van der Waals surface area contributed by atoms with Crippen molar-refractivity contribution < 1.29 is 14.3 Å². The van der Waals surface area contributed by atoms with Crippen LogP contribution in [0.4, 0.5) is 0 Å². The Balaban J connectivity index is 1.22. The van der Waals surface area contributed by atoms with Crippen molar-refractivity contribution in [2.45, 2.75) is 70.0 Å². The number of hydrogen-bond acceptors (Lipinski definition) is 3. The zero-order valence-electron chi connectivity index (χ0n) is 18.3. The predicted molar refractivity (Wildman–Crippen MR) is 115 cm³/mol. The average molecular weight is 410 g/mol. The summed E-state index contributed by atoms with van der Waals surface area (Å²) in [6.45, 7) is 5.36. The van der Waals surface area contributed by atoms with Gasteiger partial charge in [0, 0.05) is 19.0 Å². The summed E-state index contributed by atoms with van der Waals surface area (Å²) >= 11 is 0. The number of hydrogen-bond donors (Lipinski definition) is 0. The van der Waals surface area contributed by atoms with Crippen LogP contribution >= 0.6 is 0 Å². The summed E-state index contributed by atoms with van der Waals surface area (Å²) in [4.78, 5) is 16.2. The normalized spacial score (nSPS) is 39.0. The number of nitrogens with zero attached hydrogens (tertiary/aromatic N) is 1. The molecular weight excluding hydrogens is 374 g/mol. The number of aryl methyl sites for hydroxylation is 1. The average Bonchev–Trinajstić information content (AvgIpc) is 3.28. The fraction of sp³-hybridized carbons (Fsp3) is 0.731. The molecule has 2 unspecified atom stereocenters. The third-order valence-corrected chi connectivity index (χ3v) is 9.04. The lowest BCUT2D eigenvalue weighted by molar-refractivity contribution is -0.164. The molecule has 2 atom stereocenters. The summed E-state index contributed by atoms with van der Waals surface area (Å²) in [6.07, 6.45) is 9.26. The third kappa shape index (κ3) is 3.05. The number of carbonyl (C=O) groups is 1. The number of piperidine rings is 1. The molecule has 0 N–H and O–H groups in total. The van der Waals surface area contributed by atoms with Gasteiger partial charge in [-0.05, 0) is 81.1 Å². The monoisotopic (exact) mass is 409 g/mol. The SMILES string of the molecule is Cc1ccc(C23CC4CC(CC(C(=O)N5CCC(C6OCCO6)CC5)(C4)C2)C3)cc1. The van der Waals surface area contributed by atoms with Crippen LogP contribution in [0.5, 0.6) is 0 Å². The van der Waals surface area contributed by atoms with Gasteiger partial charge < -0.3 is 14.4 Å². The molecule has 30 heavy (non-hydrogen) atoms. The molecule has 1 amide bonds. The molecule has 162 valence electrons. The third-order valence-electron chi connectivity index (χ3n) is 9.04. The van der Waals surface area contributed by atoms with Gasteiger partial charge in [-0.25, -0.2) is 0 Å². The Kier molecular flexibility index (Phi) is 4.55. The molecule has 2 saturated heterocycles. The van der Waals surface area contributed by atoms with E-state index in [1.54, 1.807) is 0 Å². The highest BCUT2D eigenvalue weighted by Gasteiger charge is 2.61. The summed E-state index contributed by atoms with van der Waals surface area (Å²) in [7, 11) is 0. The fourth-order valence-corrected chi connectivity index (χ4v) is 8.12. The van der Waals surface area contributed by atoms with E-state index < -0.39 is 0 Å². The Morgan fingerprint density at radius 3 is 2.23 bits per heavy atom. The van der Waals surface area contributed by atoms with Crippen molar-refractivity contribution in [2.75, 3.05) is 26.3 Å². The van der Waals surface area contributed by atoms with Gasteiger partial charge in [0.2, 0.25) is 5.91 Å². The number of rotatable bonds is 3. The fourth-order valence-electron chi connectivity index (χ4n) is 8.12. The van der Waals surface area contributed by atoms with Crippen molar-refractivity contribution in [1.29, 1.82) is 0 Å². The molecule has 0 aromatic heterocycles. The van der Waals surface area contributed by atoms with Crippen LogP contribution in [0, 0.1) is 30.1 Å². The van der Waals surface area contributed by atoms with Crippen molar-refractivity contribution in [3.63, 3.8) is 0 Å². The second-order valence-corrected chi connectivity index (χ2v) is 11.1. The summed E-state index contributed by atoms with van der Waals surface area (Å²) in [5, 5.41) is 0. The first-order valence-corrected chi connectivity index (χ1v) is 12.2. The molecule has 7 rings (SSSR count). The Morgan fingerprint density at radius 2 is 1.60 bits per heavy atom. The Labute approximate surface area is 180 Å². The minimum absolute atomic E-state index is 0.0355. The van der Waals surface area contributed by atoms with E-state index >= 15 is 0 Å². The Hall–Kier alpha value is -1.39. The van der Waals surface area contributed by atoms with Crippen LogP contribution in [0.3, 0.4) is 0 Å². The molecule has 6 aliphatic rings. The molecule has 6 fully saturated rings. The van der Waals surface area contributed by atoms with Gasteiger partial charge in [-0.15, -0.1) is 0 Å². The molecule has 4 saturated carbocycles. The highest BCUT2D eigenvalue weighted by Crippen LogP contribution is 2.66. The Morgan fingerprint density at radius 1 is 0.967 bits per heavy atom. The quantitative estimate of drug-likeness (QED) is 0.741. The topological polar surface area (TPSA) is 38.8 Å². The summed E-state index contributed by atoms with van der Waals surface area (Å²) in [6, 6.07) is 9.24. The molecule has 4 nitrogen and oxygen atoms in total. The largest absolute Gasteiger partial charge is 0.350 e.